The van der Waals surface area contributed by atoms with Crippen molar-refractivity contribution in [2.75, 3.05) is 20.6 Å². The van der Waals surface area contributed by atoms with Gasteiger partial charge in [-0.15, -0.1) is 0 Å². The van der Waals surface area contributed by atoms with Crippen molar-refractivity contribution in [2.24, 2.45) is 5.92 Å². The number of fused-ring (bicyclic) bond motifs is 2. The van der Waals surface area contributed by atoms with Crippen LogP contribution in [-0.2, 0) is 19.5 Å². The molecule has 5 rings (SSSR count). The summed E-state index contributed by atoms with van der Waals surface area (Å²) in [6.45, 7) is 12.9. The first kappa shape index (κ1) is 24.4. The monoisotopic (exact) mass is 479 g/mol. The van der Waals surface area contributed by atoms with Gasteiger partial charge in [-0.3, -0.25) is 9.69 Å². The molecular weight excluding hydrogens is 438 g/mol. The fourth-order valence-corrected chi connectivity index (χ4v) is 6.58. The molecule has 1 aromatic carbocycles. The molecule has 3 heterocycles. The van der Waals surface area contributed by atoms with Gasteiger partial charge in [0.15, 0.2) is 11.5 Å². The first-order valence-corrected chi connectivity index (χ1v) is 13.2. The Morgan fingerprint density at radius 3 is 2.26 bits per heavy atom. The van der Waals surface area contributed by atoms with Crippen LogP contribution in [0, 0.1) is 33.6 Å². The minimum atomic E-state index is -0.592. The summed E-state index contributed by atoms with van der Waals surface area (Å²) in [7, 11) is 4.36. The molecule has 2 aromatic rings. The van der Waals surface area contributed by atoms with Crippen molar-refractivity contribution in [2.45, 2.75) is 91.6 Å². The predicted octanol–water partition coefficient (Wildman–Crippen LogP) is 4.77. The number of ether oxygens (including phenoxy) is 2. The van der Waals surface area contributed by atoms with Crippen LogP contribution in [-0.4, -0.2) is 47.3 Å². The molecule has 0 saturated heterocycles. The van der Waals surface area contributed by atoms with Crippen LogP contribution in [0.1, 0.15) is 71.7 Å². The summed E-state index contributed by atoms with van der Waals surface area (Å²) in [6.07, 6.45) is 5.60. The molecule has 35 heavy (non-hydrogen) atoms. The highest BCUT2D eigenvalue weighted by molar-refractivity contribution is 5.61. The number of H-pyrrole nitrogens is 1. The van der Waals surface area contributed by atoms with E-state index in [1.54, 1.807) is 0 Å². The van der Waals surface area contributed by atoms with Crippen molar-refractivity contribution < 1.29 is 9.47 Å². The van der Waals surface area contributed by atoms with Crippen LogP contribution in [0.15, 0.2) is 10.9 Å². The molecule has 1 fully saturated rings. The number of rotatable bonds is 4. The van der Waals surface area contributed by atoms with Crippen LogP contribution >= 0.6 is 0 Å². The fourth-order valence-electron chi connectivity index (χ4n) is 6.58. The fraction of sp³-hybridized carbons (Fsp3) is 0.621. The van der Waals surface area contributed by atoms with Crippen LogP contribution < -0.4 is 15.0 Å². The van der Waals surface area contributed by atoms with E-state index in [0.29, 0.717) is 18.5 Å². The van der Waals surface area contributed by atoms with E-state index in [2.05, 4.69) is 55.7 Å². The topological polar surface area (TPSA) is 57.8 Å². The molecule has 0 spiro atoms. The number of benzene rings is 1. The molecule has 3 aliphatic rings. The summed E-state index contributed by atoms with van der Waals surface area (Å²) in [5.74, 6) is 1.70. The maximum absolute atomic E-state index is 12.6. The van der Waals surface area contributed by atoms with E-state index in [1.807, 2.05) is 13.8 Å². The first-order chi connectivity index (χ1) is 16.6. The van der Waals surface area contributed by atoms with Crippen LogP contribution in [0.3, 0.4) is 0 Å². The van der Waals surface area contributed by atoms with Gasteiger partial charge in [0.05, 0.1) is 0 Å². The number of nitrogens with zero attached hydrogens (tertiary/aromatic N) is 2. The van der Waals surface area contributed by atoms with Gasteiger partial charge in [-0.1, -0.05) is 0 Å². The van der Waals surface area contributed by atoms with Crippen molar-refractivity contribution in [3.63, 3.8) is 0 Å². The lowest BCUT2D eigenvalue weighted by atomic mass is 9.81. The maximum atomic E-state index is 12.6. The second-order valence-electron chi connectivity index (χ2n) is 11.5. The van der Waals surface area contributed by atoms with Gasteiger partial charge in [0.2, 0.25) is 0 Å². The standard InChI is InChI=1S/C29H41N3O3/c1-17-14-18(2)30-28(33)24(17)15-32-13-12-23-19(3)26-27(20(4)25(23)16-32)35-29(5,34-26)21-8-10-22(11-9-21)31(6)7/h14,21-22H,8-13,15-16H2,1-7H3,(H,30,33). The minimum Gasteiger partial charge on any atom is -0.448 e. The zero-order valence-corrected chi connectivity index (χ0v) is 22.5. The third-order valence-corrected chi connectivity index (χ3v) is 8.87. The van der Waals surface area contributed by atoms with Crippen LogP contribution in [0.4, 0.5) is 0 Å². The third-order valence-electron chi connectivity index (χ3n) is 8.87. The van der Waals surface area contributed by atoms with Gasteiger partial charge in [0.25, 0.3) is 11.3 Å². The van der Waals surface area contributed by atoms with Gasteiger partial charge in [-0.2, -0.15) is 0 Å². The minimum absolute atomic E-state index is 0.0339. The number of aromatic nitrogens is 1. The predicted molar refractivity (Wildman–Crippen MR) is 139 cm³/mol. The Morgan fingerprint density at radius 2 is 1.66 bits per heavy atom. The lowest BCUT2D eigenvalue weighted by Gasteiger charge is -2.39. The van der Waals surface area contributed by atoms with E-state index >= 15 is 0 Å². The van der Waals surface area contributed by atoms with Gasteiger partial charge >= 0.3 is 0 Å². The van der Waals surface area contributed by atoms with Gasteiger partial charge in [0.1, 0.15) is 0 Å². The Morgan fingerprint density at radius 1 is 1.03 bits per heavy atom. The van der Waals surface area contributed by atoms with E-state index in [-0.39, 0.29) is 5.56 Å². The zero-order chi connectivity index (χ0) is 25.1. The van der Waals surface area contributed by atoms with E-state index in [9.17, 15) is 4.79 Å². The quantitative estimate of drug-likeness (QED) is 0.684. The van der Waals surface area contributed by atoms with E-state index in [0.717, 1.165) is 60.7 Å². The van der Waals surface area contributed by atoms with E-state index in [1.165, 1.54) is 35.1 Å². The third kappa shape index (κ3) is 4.29. The normalized spacial score (nSPS) is 26.3. The molecule has 0 bridgehead atoms. The lowest BCUT2D eigenvalue weighted by molar-refractivity contribution is -0.123. The Labute approximate surface area is 209 Å². The number of pyridine rings is 1. The molecule has 1 N–H and O–H groups in total. The molecule has 0 radical (unpaired) electrons. The Balaban J connectivity index is 1.38. The molecule has 1 saturated carbocycles. The summed E-state index contributed by atoms with van der Waals surface area (Å²) < 4.78 is 13.4. The summed E-state index contributed by atoms with van der Waals surface area (Å²) in [5.41, 5.74) is 8.06. The first-order valence-electron chi connectivity index (χ1n) is 13.2. The van der Waals surface area contributed by atoms with Crippen LogP contribution in [0.2, 0.25) is 0 Å². The Hall–Kier alpha value is -2.31. The van der Waals surface area contributed by atoms with E-state index in [4.69, 9.17) is 9.47 Å². The number of aryl methyl sites for hydroxylation is 2. The van der Waals surface area contributed by atoms with Gasteiger partial charge < -0.3 is 19.4 Å². The Kier molecular flexibility index (Phi) is 6.25. The van der Waals surface area contributed by atoms with Crippen molar-refractivity contribution in [1.29, 1.82) is 0 Å². The highest BCUT2D eigenvalue weighted by atomic mass is 16.7. The van der Waals surface area contributed by atoms with Crippen molar-refractivity contribution >= 4 is 0 Å². The summed E-state index contributed by atoms with van der Waals surface area (Å²) in [4.78, 5) is 20.3. The van der Waals surface area contributed by atoms with Crippen molar-refractivity contribution in [1.82, 2.24) is 14.8 Å². The molecule has 1 atom stereocenters. The molecule has 1 unspecified atom stereocenters. The van der Waals surface area contributed by atoms with Gasteiger partial charge in [-0.25, -0.2) is 0 Å². The summed E-state index contributed by atoms with van der Waals surface area (Å²) >= 11 is 0. The number of hydrogen-bond acceptors (Lipinski definition) is 5. The number of hydrogen-bond donors (Lipinski definition) is 1. The second kappa shape index (κ2) is 8.97. The molecule has 190 valence electrons. The van der Waals surface area contributed by atoms with Crippen molar-refractivity contribution in [3.05, 3.63) is 55.5 Å². The van der Waals surface area contributed by atoms with Crippen LogP contribution in [0.5, 0.6) is 11.5 Å². The highest BCUT2D eigenvalue weighted by Crippen LogP contribution is 2.52. The highest BCUT2D eigenvalue weighted by Gasteiger charge is 2.47. The molecule has 1 aromatic heterocycles. The SMILES string of the molecule is Cc1cc(C)c(CN2CCc3c(C)c4c(c(C)c3C2)OC(C)(C2CCC(N(C)C)CC2)O4)c(=O)[nH]1. The van der Waals surface area contributed by atoms with Crippen LogP contribution in [0.25, 0.3) is 0 Å². The molecular formula is C29H41N3O3. The molecule has 6 nitrogen and oxygen atoms in total. The average molecular weight is 480 g/mol. The van der Waals surface area contributed by atoms with Gasteiger partial charge in [-0.05, 0) is 108 Å². The summed E-state index contributed by atoms with van der Waals surface area (Å²) in [5, 5.41) is 0. The maximum Gasteiger partial charge on any atom is 0.252 e. The molecule has 6 heteroatoms. The number of nitrogens with one attached hydrogen (secondary N) is 1. The average Bonchev–Trinajstić information content (AvgIpc) is 3.19. The van der Waals surface area contributed by atoms with Gasteiger partial charge in [0, 0.05) is 49.8 Å². The molecule has 2 aliphatic heterocycles. The zero-order valence-electron chi connectivity index (χ0n) is 22.5. The Bertz CT molecular complexity index is 1190. The second-order valence-corrected chi connectivity index (χ2v) is 11.5. The molecule has 1 aliphatic carbocycles. The lowest BCUT2D eigenvalue weighted by Crippen LogP contribution is -2.46. The van der Waals surface area contributed by atoms with Crippen molar-refractivity contribution in [3.8, 4) is 11.5 Å². The number of aromatic amines is 1. The van der Waals surface area contributed by atoms with E-state index < -0.39 is 5.79 Å². The summed E-state index contributed by atoms with van der Waals surface area (Å²) in [6, 6.07) is 2.72. The smallest absolute Gasteiger partial charge is 0.252 e. The largest absolute Gasteiger partial charge is 0.448 e. The molecule has 0 amide bonds.